The van der Waals surface area contributed by atoms with Gasteiger partial charge in [0.05, 0.1) is 0 Å². The van der Waals surface area contributed by atoms with E-state index in [0.717, 1.165) is 37.3 Å². The van der Waals surface area contributed by atoms with Crippen LogP contribution in [0.1, 0.15) is 29.2 Å². The molecule has 102 valence electrons. The van der Waals surface area contributed by atoms with E-state index in [4.69, 9.17) is 0 Å². The van der Waals surface area contributed by atoms with Crippen LogP contribution in [0.15, 0.2) is 24.3 Å². The van der Waals surface area contributed by atoms with Gasteiger partial charge in [-0.25, -0.2) is 0 Å². The van der Waals surface area contributed by atoms with Crippen LogP contribution >= 0.6 is 11.3 Å². The van der Waals surface area contributed by atoms with Gasteiger partial charge >= 0.3 is 6.18 Å². The Bertz CT molecular complexity index is 582. The van der Waals surface area contributed by atoms with Gasteiger partial charge in [-0.2, -0.15) is 13.2 Å². The lowest BCUT2D eigenvalue weighted by Gasteiger charge is -2.22. The molecule has 0 spiro atoms. The Hall–Kier alpha value is -1.07. The predicted octanol–water partition coefficient (Wildman–Crippen LogP) is 4.39. The van der Waals surface area contributed by atoms with Crippen LogP contribution in [0.5, 0.6) is 0 Å². The molecule has 2 heterocycles. The fourth-order valence-electron chi connectivity index (χ4n) is 2.61. The number of benzene rings is 1. The minimum absolute atomic E-state index is 0.472. The molecule has 0 amide bonds. The van der Waals surface area contributed by atoms with Gasteiger partial charge in [0, 0.05) is 4.70 Å². The van der Waals surface area contributed by atoms with Crippen LogP contribution in [-0.4, -0.2) is 13.1 Å². The molecule has 1 aliphatic heterocycles. The van der Waals surface area contributed by atoms with Crippen molar-refractivity contribution >= 4 is 21.4 Å². The number of rotatable bonds is 1. The third-order valence-corrected chi connectivity index (χ3v) is 4.79. The van der Waals surface area contributed by atoms with Gasteiger partial charge in [-0.05, 0) is 54.9 Å². The van der Waals surface area contributed by atoms with Crippen LogP contribution in [0.2, 0.25) is 0 Å². The lowest BCUT2D eigenvalue weighted by atomic mass is 9.90. The number of alkyl halides is 3. The average Bonchev–Trinajstić information content (AvgIpc) is 2.82. The smallest absolute Gasteiger partial charge is 0.317 e. The molecule has 1 nitrogen and oxygen atoms in total. The first-order chi connectivity index (χ1) is 9.04. The van der Waals surface area contributed by atoms with Gasteiger partial charge in [0.2, 0.25) is 0 Å². The van der Waals surface area contributed by atoms with E-state index in [2.05, 4.69) is 5.32 Å². The Kier molecular flexibility index (Phi) is 3.27. The largest absolute Gasteiger partial charge is 0.425 e. The van der Waals surface area contributed by atoms with E-state index in [1.54, 1.807) is 0 Å². The molecule has 19 heavy (non-hydrogen) atoms. The zero-order chi connectivity index (χ0) is 13.5. The molecule has 2 aromatic rings. The Balaban J connectivity index is 1.96. The number of fused-ring (bicyclic) bond motifs is 1. The van der Waals surface area contributed by atoms with Gasteiger partial charge < -0.3 is 5.32 Å². The molecular weight excluding hydrogens is 271 g/mol. The van der Waals surface area contributed by atoms with Crippen molar-refractivity contribution in [3.8, 4) is 0 Å². The molecule has 0 radical (unpaired) electrons. The van der Waals surface area contributed by atoms with Crippen LogP contribution in [0.3, 0.4) is 0 Å². The Morgan fingerprint density at radius 3 is 2.53 bits per heavy atom. The second-order valence-corrected chi connectivity index (χ2v) is 6.01. The molecule has 3 rings (SSSR count). The SMILES string of the molecule is FC(F)(F)c1cc2cc(C3CCNCC3)ccc2s1. The molecule has 1 aliphatic rings. The summed E-state index contributed by atoms with van der Waals surface area (Å²) < 4.78 is 38.8. The van der Waals surface area contributed by atoms with Crippen molar-refractivity contribution in [2.75, 3.05) is 13.1 Å². The molecule has 1 aromatic carbocycles. The third kappa shape index (κ3) is 2.62. The van der Waals surface area contributed by atoms with E-state index in [0.29, 0.717) is 16.0 Å². The molecule has 5 heteroatoms. The van der Waals surface area contributed by atoms with Crippen molar-refractivity contribution in [1.82, 2.24) is 5.32 Å². The van der Waals surface area contributed by atoms with Crippen molar-refractivity contribution in [3.05, 3.63) is 34.7 Å². The van der Waals surface area contributed by atoms with Crippen LogP contribution in [-0.2, 0) is 6.18 Å². The Morgan fingerprint density at radius 1 is 1.11 bits per heavy atom. The molecule has 0 saturated carbocycles. The lowest BCUT2D eigenvalue weighted by Crippen LogP contribution is -2.26. The van der Waals surface area contributed by atoms with Gasteiger partial charge in [-0.1, -0.05) is 12.1 Å². The topological polar surface area (TPSA) is 12.0 Å². The fraction of sp³-hybridized carbons (Fsp3) is 0.429. The summed E-state index contributed by atoms with van der Waals surface area (Å²) in [5.74, 6) is 0.472. The van der Waals surface area contributed by atoms with Crippen molar-refractivity contribution in [1.29, 1.82) is 0 Å². The molecule has 0 bridgehead atoms. The molecule has 1 N–H and O–H groups in total. The van der Waals surface area contributed by atoms with Crippen LogP contribution in [0.4, 0.5) is 13.2 Å². The van der Waals surface area contributed by atoms with Crippen LogP contribution in [0.25, 0.3) is 10.1 Å². The van der Waals surface area contributed by atoms with E-state index in [1.165, 1.54) is 11.6 Å². The maximum Gasteiger partial charge on any atom is 0.425 e. The normalized spacial score (nSPS) is 18.1. The average molecular weight is 285 g/mol. The highest BCUT2D eigenvalue weighted by Crippen LogP contribution is 2.39. The predicted molar refractivity (Wildman–Crippen MR) is 71.7 cm³/mol. The Labute approximate surface area is 113 Å². The second kappa shape index (κ2) is 4.80. The minimum atomic E-state index is -4.24. The molecule has 1 fully saturated rings. The van der Waals surface area contributed by atoms with Gasteiger partial charge in [0.25, 0.3) is 0 Å². The number of nitrogens with one attached hydrogen (secondary N) is 1. The minimum Gasteiger partial charge on any atom is -0.317 e. The zero-order valence-electron chi connectivity index (χ0n) is 10.3. The summed E-state index contributed by atoms with van der Waals surface area (Å²) in [5, 5.41) is 4.02. The molecule has 0 unspecified atom stereocenters. The van der Waals surface area contributed by atoms with Crippen molar-refractivity contribution < 1.29 is 13.2 Å². The first-order valence-corrected chi connectivity index (χ1v) is 7.17. The quantitative estimate of drug-likeness (QED) is 0.819. The highest BCUT2D eigenvalue weighted by Gasteiger charge is 2.32. The molecule has 0 aliphatic carbocycles. The van der Waals surface area contributed by atoms with E-state index >= 15 is 0 Å². The zero-order valence-corrected chi connectivity index (χ0v) is 11.1. The maximum absolute atomic E-state index is 12.7. The summed E-state index contributed by atoms with van der Waals surface area (Å²) in [5.41, 5.74) is 1.17. The van der Waals surface area contributed by atoms with Gasteiger partial charge in [-0.3, -0.25) is 0 Å². The first kappa shape index (κ1) is 12.9. The van der Waals surface area contributed by atoms with E-state index in [-0.39, 0.29) is 0 Å². The number of hydrogen-bond donors (Lipinski definition) is 1. The summed E-state index contributed by atoms with van der Waals surface area (Å²) in [6, 6.07) is 7.00. The summed E-state index contributed by atoms with van der Waals surface area (Å²) in [7, 11) is 0. The number of hydrogen-bond acceptors (Lipinski definition) is 2. The second-order valence-electron chi connectivity index (χ2n) is 4.93. The van der Waals surface area contributed by atoms with E-state index in [1.807, 2.05) is 18.2 Å². The molecular formula is C14H14F3NS. The Morgan fingerprint density at radius 2 is 1.84 bits per heavy atom. The van der Waals surface area contributed by atoms with Gasteiger partial charge in [-0.15, -0.1) is 11.3 Å². The highest BCUT2D eigenvalue weighted by molar-refractivity contribution is 7.19. The summed E-state index contributed by atoms with van der Waals surface area (Å²) in [6.45, 7) is 1.97. The maximum atomic E-state index is 12.7. The summed E-state index contributed by atoms with van der Waals surface area (Å²) >= 11 is 0.822. The monoisotopic (exact) mass is 285 g/mol. The van der Waals surface area contributed by atoms with Crippen LogP contribution in [0, 0.1) is 0 Å². The number of halogens is 3. The molecule has 1 saturated heterocycles. The molecule has 1 aromatic heterocycles. The standard InChI is InChI=1S/C14H14F3NS/c15-14(16,17)13-8-11-7-10(1-2-12(11)19-13)9-3-5-18-6-4-9/h1-2,7-9,18H,3-6H2. The van der Waals surface area contributed by atoms with Gasteiger partial charge in [0.1, 0.15) is 4.88 Å². The molecule has 0 atom stereocenters. The van der Waals surface area contributed by atoms with Crippen molar-refractivity contribution in [2.24, 2.45) is 0 Å². The van der Waals surface area contributed by atoms with Crippen LogP contribution < -0.4 is 5.32 Å². The van der Waals surface area contributed by atoms with Crippen molar-refractivity contribution in [2.45, 2.75) is 24.9 Å². The fourth-order valence-corrected chi connectivity index (χ4v) is 3.52. The highest BCUT2D eigenvalue weighted by atomic mass is 32.1. The van der Waals surface area contributed by atoms with Crippen molar-refractivity contribution in [3.63, 3.8) is 0 Å². The lowest BCUT2D eigenvalue weighted by molar-refractivity contribution is -0.134. The van der Waals surface area contributed by atoms with E-state index < -0.39 is 11.1 Å². The van der Waals surface area contributed by atoms with Gasteiger partial charge in [0.15, 0.2) is 0 Å². The summed E-state index contributed by atoms with van der Waals surface area (Å²) in [6.07, 6.45) is -2.12. The van der Waals surface area contributed by atoms with E-state index in [9.17, 15) is 13.2 Å². The first-order valence-electron chi connectivity index (χ1n) is 6.35. The summed E-state index contributed by atoms with van der Waals surface area (Å²) in [4.78, 5) is -0.509. The number of piperidine rings is 1. The third-order valence-electron chi connectivity index (χ3n) is 3.63. The number of thiophene rings is 1.